The molecule has 0 radical (unpaired) electrons. The Labute approximate surface area is 192 Å². The molecule has 2 amide bonds. The number of hydrogen-bond donors (Lipinski definition) is 1. The van der Waals surface area contributed by atoms with Gasteiger partial charge in [0.2, 0.25) is 18.6 Å². The molecule has 0 bridgehead atoms. The summed E-state index contributed by atoms with van der Waals surface area (Å²) in [6.45, 7) is 6.37. The second-order valence-electron chi connectivity index (χ2n) is 7.83. The predicted molar refractivity (Wildman–Crippen MR) is 123 cm³/mol. The normalized spacial score (nSPS) is 14.1. The molecule has 0 spiro atoms. The van der Waals surface area contributed by atoms with Crippen LogP contribution >= 0.6 is 15.9 Å². The minimum absolute atomic E-state index is 0.0626. The van der Waals surface area contributed by atoms with Gasteiger partial charge in [0.1, 0.15) is 6.04 Å². The molecule has 1 aliphatic rings. The van der Waals surface area contributed by atoms with Crippen molar-refractivity contribution in [2.24, 2.45) is 0 Å². The number of carbonyl (C=O) groups excluding carboxylic acids is 2. The quantitative estimate of drug-likeness (QED) is 0.566. The van der Waals surface area contributed by atoms with E-state index in [1.807, 2.05) is 56.3 Å². The number of amides is 2. The number of benzene rings is 2. The van der Waals surface area contributed by atoms with E-state index >= 15 is 0 Å². The van der Waals surface area contributed by atoms with Gasteiger partial charge in [-0.3, -0.25) is 9.59 Å². The largest absolute Gasteiger partial charge is 0.454 e. The Hall–Kier alpha value is -2.54. The number of fused-ring (bicyclic) bond motifs is 1. The fraction of sp³-hybridized carbons (Fsp3) is 0.417. The monoisotopic (exact) mass is 488 g/mol. The number of hydrogen-bond acceptors (Lipinski definition) is 4. The van der Waals surface area contributed by atoms with Crippen LogP contribution in [0.1, 0.15) is 44.7 Å². The molecule has 166 valence electrons. The maximum Gasteiger partial charge on any atom is 0.242 e. The van der Waals surface area contributed by atoms with Gasteiger partial charge in [-0.05, 0) is 62.1 Å². The lowest BCUT2D eigenvalue weighted by atomic mass is 10.1. The molecule has 0 fully saturated rings. The van der Waals surface area contributed by atoms with Gasteiger partial charge in [0.25, 0.3) is 0 Å². The van der Waals surface area contributed by atoms with Crippen LogP contribution in [0.2, 0.25) is 0 Å². The number of ether oxygens (including phenoxy) is 2. The van der Waals surface area contributed by atoms with Crippen molar-refractivity contribution in [3.05, 3.63) is 58.1 Å². The summed E-state index contributed by atoms with van der Waals surface area (Å²) < 4.78 is 11.7. The lowest BCUT2D eigenvalue weighted by molar-refractivity contribution is -0.140. The Morgan fingerprint density at radius 1 is 1.06 bits per heavy atom. The molecule has 6 nitrogen and oxygen atoms in total. The van der Waals surface area contributed by atoms with Crippen molar-refractivity contribution in [2.45, 2.75) is 58.7 Å². The Morgan fingerprint density at radius 2 is 1.74 bits per heavy atom. The van der Waals surface area contributed by atoms with Crippen LogP contribution in [0.25, 0.3) is 0 Å². The fourth-order valence-electron chi connectivity index (χ4n) is 3.33. The van der Waals surface area contributed by atoms with Gasteiger partial charge in [0.05, 0.1) is 0 Å². The average molecular weight is 489 g/mol. The van der Waals surface area contributed by atoms with Gasteiger partial charge in [-0.1, -0.05) is 41.1 Å². The Bertz CT molecular complexity index is 916. The highest BCUT2D eigenvalue weighted by atomic mass is 79.9. The van der Waals surface area contributed by atoms with Crippen LogP contribution < -0.4 is 14.8 Å². The van der Waals surface area contributed by atoms with E-state index in [9.17, 15) is 9.59 Å². The topological polar surface area (TPSA) is 67.9 Å². The van der Waals surface area contributed by atoms with Crippen LogP contribution in [0.4, 0.5) is 0 Å². The third-order valence-corrected chi connectivity index (χ3v) is 6.03. The van der Waals surface area contributed by atoms with Crippen LogP contribution in [0, 0.1) is 0 Å². The van der Waals surface area contributed by atoms with E-state index in [1.165, 1.54) is 0 Å². The predicted octanol–water partition coefficient (Wildman–Crippen LogP) is 4.44. The second kappa shape index (κ2) is 10.7. The first kappa shape index (κ1) is 23.1. The SMILES string of the molecule is CC[C@H](C)NC(=O)[C@H](C)N(Cc1ccc(Br)cc1)C(=O)CCc1ccc2c(c1)OCO2. The highest BCUT2D eigenvalue weighted by Crippen LogP contribution is 2.32. The van der Waals surface area contributed by atoms with Gasteiger partial charge >= 0.3 is 0 Å². The molecule has 2 atom stereocenters. The van der Waals surface area contributed by atoms with E-state index in [0.29, 0.717) is 25.1 Å². The van der Waals surface area contributed by atoms with Gasteiger partial charge in [0, 0.05) is 23.5 Å². The van der Waals surface area contributed by atoms with Crippen LogP contribution in [-0.4, -0.2) is 35.6 Å². The van der Waals surface area contributed by atoms with Gasteiger partial charge < -0.3 is 19.7 Å². The molecule has 0 aromatic heterocycles. The van der Waals surface area contributed by atoms with Crippen LogP contribution in [0.3, 0.4) is 0 Å². The Balaban J connectivity index is 1.71. The van der Waals surface area contributed by atoms with Gasteiger partial charge in [-0.15, -0.1) is 0 Å². The Kier molecular flexibility index (Phi) is 7.96. The number of carbonyl (C=O) groups is 2. The molecule has 2 aromatic rings. The minimum Gasteiger partial charge on any atom is -0.454 e. The zero-order chi connectivity index (χ0) is 22.4. The van der Waals surface area contributed by atoms with Crippen LogP contribution in [0.15, 0.2) is 46.9 Å². The molecular formula is C24H29BrN2O4. The van der Waals surface area contributed by atoms with Crippen molar-refractivity contribution in [3.63, 3.8) is 0 Å². The maximum absolute atomic E-state index is 13.2. The number of nitrogens with one attached hydrogen (secondary N) is 1. The maximum atomic E-state index is 13.2. The number of halogens is 1. The molecular weight excluding hydrogens is 460 g/mol. The highest BCUT2D eigenvalue weighted by Gasteiger charge is 2.26. The zero-order valence-electron chi connectivity index (χ0n) is 18.2. The number of aryl methyl sites for hydroxylation is 1. The van der Waals surface area contributed by atoms with E-state index in [4.69, 9.17) is 9.47 Å². The molecule has 1 heterocycles. The van der Waals surface area contributed by atoms with Crippen molar-refractivity contribution in [1.82, 2.24) is 10.2 Å². The first-order valence-electron chi connectivity index (χ1n) is 10.6. The molecule has 1 aliphatic heterocycles. The van der Waals surface area contributed by atoms with E-state index in [0.717, 1.165) is 27.8 Å². The summed E-state index contributed by atoms with van der Waals surface area (Å²) in [7, 11) is 0. The molecule has 0 saturated carbocycles. The van der Waals surface area contributed by atoms with Gasteiger partial charge in [0.15, 0.2) is 11.5 Å². The molecule has 1 N–H and O–H groups in total. The lowest BCUT2D eigenvalue weighted by Gasteiger charge is -2.30. The van der Waals surface area contributed by atoms with Crippen molar-refractivity contribution in [3.8, 4) is 11.5 Å². The summed E-state index contributed by atoms with van der Waals surface area (Å²) in [5.41, 5.74) is 1.97. The molecule has 3 rings (SSSR count). The van der Waals surface area contributed by atoms with Crippen molar-refractivity contribution in [2.75, 3.05) is 6.79 Å². The lowest BCUT2D eigenvalue weighted by Crippen LogP contribution is -2.49. The standard InChI is InChI=1S/C24H29BrN2O4/c1-4-16(2)26-24(29)17(3)27(14-19-5-9-20(25)10-6-19)23(28)12-8-18-7-11-21-22(13-18)31-15-30-21/h5-7,9-11,13,16-17H,4,8,12,14-15H2,1-3H3,(H,26,29)/t16-,17-/m0/s1. The van der Waals surface area contributed by atoms with Crippen LogP contribution in [0.5, 0.6) is 11.5 Å². The summed E-state index contributed by atoms with van der Waals surface area (Å²) in [6.07, 6.45) is 1.70. The van der Waals surface area contributed by atoms with E-state index in [2.05, 4.69) is 21.2 Å². The molecule has 0 aliphatic carbocycles. The fourth-order valence-corrected chi connectivity index (χ4v) is 3.59. The third-order valence-electron chi connectivity index (χ3n) is 5.50. The number of rotatable bonds is 9. The highest BCUT2D eigenvalue weighted by molar-refractivity contribution is 9.10. The summed E-state index contributed by atoms with van der Waals surface area (Å²) in [5.74, 6) is 1.23. The average Bonchev–Trinajstić information content (AvgIpc) is 3.24. The van der Waals surface area contributed by atoms with E-state index in [1.54, 1.807) is 11.8 Å². The Morgan fingerprint density at radius 3 is 2.45 bits per heavy atom. The van der Waals surface area contributed by atoms with Crippen LogP contribution in [-0.2, 0) is 22.6 Å². The summed E-state index contributed by atoms with van der Waals surface area (Å²) in [4.78, 5) is 27.6. The first-order chi connectivity index (χ1) is 14.9. The molecule has 7 heteroatoms. The molecule has 0 unspecified atom stereocenters. The summed E-state index contributed by atoms with van der Waals surface area (Å²) in [5, 5.41) is 2.99. The smallest absolute Gasteiger partial charge is 0.242 e. The number of nitrogens with zero attached hydrogens (tertiary/aromatic N) is 1. The second-order valence-corrected chi connectivity index (χ2v) is 8.75. The minimum atomic E-state index is -0.568. The van der Waals surface area contributed by atoms with E-state index < -0.39 is 6.04 Å². The summed E-state index contributed by atoms with van der Waals surface area (Å²) >= 11 is 3.44. The van der Waals surface area contributed by atoms with Crippen molar-refractivity contribution >= 4 is 27.7 Å². The van der Waals surface area contributed by atoms with Gasteiger partial charge in [-0.25, -0.2) is 0 Å². The first-order valence-corrected chi connectivity index (χ1v) is 11.4. The zero-order valence-corrected chi connectivity index (χ0v) is 19.8. The van der Waals surface area contributed by atoms with E-state index in [-0.39, 0.29) is 24.6 Å². The molecule has 31 heavy (non-hydrogen) atoms. The summed E-state index contributed by atoms with van der Waals surface area (Å²) in [6, 6.07) is 13.0. The van der Waals surface area contributed by atoms with Gasteiger partial charge in [-0.2, -0.15) is 0 Å². The van der Waals surface area contributed by atoms with Crippen molar-refractivity contribution < 1.29 is 19.1 Å². The van der Waals surface area contributed by atoms with Crippen molar-refractivity contribution in [1.29, 1.82) is 0 Å². The third kappa shape index (κ3) is 6.23. The molecule has 2 aromatic carbocycles. The molecule has 0 saturated heterocycles.